The molecule has 0 saturated carbocycles. The number of rotatable bonds is 9. The van der Waals surface area contributed by atoms with Gasteiger partial charge < -0.3 is 4.74 Å². The van der Waals surface area contributed by atoms with E-state index in [0.29, 0.717) is 19.3 Å². The molecule has 0 radical (unpaired) electrons. The van der Waals surface area contributed by atoms with Crippen molar-refractivity contribution in [3.8, 4) is 0 Å². The van der Waals surface area contributed by atoms with Crippen LogP contribution in [0.25, 0.3) is 0 Å². The highest BCUT2D eigenvalue weighted by molar-refractivity contribution is 5.78. The number of unbranched alkanes of at least 4 members (excludes halogenated alkanes) is 2. The average Bonchev–Trinajstić information content (AvgIpc) is 2.15. The fourth-order valence-electron chi connectivity index (χ4n) is 1.29. The summed E-state index contributed by atoms with van der Waals surface area (Å²) in [6, 6.07) is 0. The quantitative estimate of drug-likeness (QED) is 0.576. The monoisotopic (exact) mass is 240 g/mol. The summed E-state index contributed by atoms with van der Waals surface area (Å²) in [7, 11) is 0. The number of carbonyl (C=O) groups is 1. The fourth-order valence-corrected chi connectivity index (χ4v) is 1.29. The molecule has 0 atom stereocenters. The van der Waals surface area contributed by atoms with Gasteiger partial charge in [0.15, 0.2) is 0 Å². The molecule has 0 aromatic carbocycles. The summed E-state index contributed by atoms with van der Waals surface area (Å²) in [4.78, 5) is 11.1. The number of carbonyl (C=O) groups excluding carboxylic acids is 1. The first-order chi connectivity index (χ1) is 7.45. The van der Waals surface area contributed by atoms with E-state index in [0.717, 1.165) is 19.3 Å². The van der Waals surface area contributed by atoms with E-state index >= 15 is 0 Å². The number of hydrogen-bond donors (Lipinski definition) is 0. The van der Waals surface area contributed by atoms with Crippen LogP contribution < -0.4 is 0 Å². The molecule has 0 aromatic rings. The summed E-state index contributed by atoms with van der Waals surface area (Å²) < 4.78 is 39.4. The largest absolute Gasteiger partial charge is 0.411 e. The topological polar surface area (TPSA) is 26.3 Å². The molecule has 96 valence electrons. The summed E-state index contributed by atoms with van der Waals surface area (Å²) in [5.41, 5.74) is 0. The minimum absolute atomic E-state index is 0.113. The minimum atomic E-state index is -4.24. The van der Waals surface area contributed by atoms with Crippen LogP contribution in [0.2, 0.25) is 0 Å². The maximum atomic E-state index is 11.7. The van der Waals surface area contributed by atoms with E-state index in [1.807, 2.05) is 6.92 Å². The maximum Gasteiger partial charge on any atom is 0.411 e. The molecular weight excluding hydrogens is 221 g/mol. The van der Waals surface area contributed by atoms with Gasteiger partial charge in [-0.3, -0.25) is 4.79 Å². The SMILES string of the molecule is CCCC(=O)CCCCCOCC(F)(F)F. The van der Waals surface area contributed by atoms with E-state index < -0.39 is 12.8 Å². The fraction of sp³-hybridized carbons (Fsp3) is 0.909. The third kappa shape index (κ3) is 11.5. The minimum Gasteiger partial charge on any atom is -0.372 e. The lowest BCUT2D eigenvalue weighted by Crippen LogP contribution is -2.17. The van der Waals surface area contributed by atoms with Gasteiger partial charge in [-0.2, -0.15) is 13.2 Å². The van der Waals surface area contributed by atoms with Gasteiger partial charge in [0.05, 0.1) is 0 Å². The Balaban J connectivity index is 3.19. The summed E-state index contributed by atoms with van der Waals surface area (Å²) in [5.74, 6) is 0.235. The van der Waals surface area contributed by atoms with Gasteiger partial charge >= 0.3 is 6.18 Å². The van der Waals surface area contributed by atoms with Crippen LogP contribution in [0.15, 0.2) is 0 Å². The van der Waals surface area contributed by atoms with E-state index in [9.17, 15) is 18.0 Å². The smallest absolute Gasteiger partial charge is 0.372 e. The Labute approximate surface area is 94.2 Å². The molecule has 5 heteroatoms. The molecule has 0 N–H and O–H groups in total. The van der Waals surface area contributed by atoms with Gasteiger partial charge in [0.2, 0.25) is 0 Å². The second kappa shape index (κ2) is 8.56. The van der Waals surface area contributed by atoms with Crippen molar-refractivity contribution in [1.29, 1.82) is 0 Å². The lowest BCUT2D eigenvalue weighted by atomic mass is 10.1. The van der Waals surface area contributed by atoms with Crippen LogP contribution in [0.4, 0.5) is 13.2 Å². The summed E-state index contributed by atoms with van der Waals surface area (Å²) in [6.45, 7) is 0.881. The van der Waals surface area contributed by atoms with Crippen molar-refractivity contribution in [1.82, 2.24) is 0 Å². The maximum absolute atomic E-state index is 11.7. The van der Waals surface area contributed by atoms with Gasteiger partial charge in [0.1, 0.15) is 12.4 Å². The normalized spacial score (nSPS) is 11.8. The Kier molecular flexibility index (Phi) is 8.25. The van der Waals surface area contributed by atoms with E-state index in [1.165, 1.54) is 0 Å². The van der Waals surface area contributed by atoms with Crippen LogP contribution in [0.5, 0.6) is 0 Å². The molecule has 0 aliphatic rings. The third-order valence-electron chi connectivity index (χ3n) is 2.04. The van der Waals surface area contributed by atoms with Gasteiger partial charge in [-0.15, -0.1) is 0 Å². The number of ether oxygens (including phenoxy) is 1. The van der Waals surface area contributed by atoms with Gasteiger partial charge in [-0.1, -0.05) is 13.3 Å². The van der Waals surface area contributed by atoms with Gasteiger partial charge in [-0.05, 0) is 19.3 Å². The molecule has 2 nitrogen and oxygen atoms in total. The number of alkyl halides is 3. The Bertz CT molecular complexity index is 190. The molecule has 0 rings (SSSR count). The molecule has 16 heavy (non-hydrogen) atoms. The zero-order valence-corrected chi connectivity index (χ0v) is 9.61. The number of Topliss-reactive ketones (excluding diaryl/α,β-unsaturated/α-hetero) is 1. The van der Waals surface area contributed by atoms with Crippen molar-refractivity contribution in [2.24, 2.45) is 0 Å². The predicted molar refractivity (Wildman–Crippen MR) is 55.3 cm³/mol. The number of halogens is 3. The van der Waals surface area contributed by atoms with Crippen LogP contribution in [-0.4, -0.2) is 25.2 Å². The molecule has 0 aliphatic heterocycles. The van der Waals surface area contributed by atoms with Crippen LogP contribution in [-0.2, 0) is 9.53 Å². The lowest BCUT2D eigenvalue weighted by Gasteiger charge is -2.07. The van der Waals surface area contributed by atoms with E-state index in [-0.39, 0.29) is 12.4 Å². The molecule has 0 unspecified atom stereocenters. The third-order valence-corrected chi connectivity index (χ3v) is 2.04. The Morgan fingerprint density at radius 3 is 2.38 bits per heavy atom. The number of hydrogen-bond acceptors (Lipinski definition) is 2. The molecule has 0 spiro atoms. The molecule has 0 fully saturated rings. The Morgan fingerprint density at radius 1 is 1.12 bits per heavy atom. The first-order valence-electron chi connectivity index (χ1n) is 5.62. The van der Waals surface area contributed by atoms with Crippen LogP contribution in [0, 0.1) is 0 Å². The van der Waals surface area contributed by atoms with E-state index in [1.54, 1.807) is 0 Å². The predicted octanol–water partition coefficient (Wildman–Crippen LogP) is 3.49. The highest BCUT2D eigenvalue weighted by Gasteiger charge is 2.27. The molecule has 0 amide bonds. The highest BCUT2D eigenvalue weighted by atomic mass is 19.4. The van der Waals surface area contributed by atoms with Crippen LogP contribution >= 0.6 is 0 Å². The van der Waals surface area contributed by atoms with Gasteiger partial charge in [0.25, 0.3) is 0 Å². The van der Waals surface area contributed by atoms with E-state index in [4.69, 9.17) is 0 Å². The number of ketones is 1. The van der Waals surface area contributed by atoms with Gasteiger partial charge in [-0.25, -0.2) is 0 Å². The van der Waals surface area contributed by atoms with Crippen molar-refractivity contribution < 1.29 is 22.7 Å². The first kappa shape index (κ1) is 15.4. The molecular formula is C11H19F3O2. The molecule has 0 heterocycles. The Morgan fingerprint density at radius 2 is 1.81 bits per heavy atom. The van der Waals surface area contributed by atoms with Crippen molar-refractivity contribution in [2.75, 3.05) is 13.2 Å². The standard InChI is InChI=1S/C11H19F3O2/c1-2-6-10(15)7-4-3-5-8-16-9-11(12,13)14/h2-9H2,1H3. The zero-order chi connectivity index (χ0) is 12.4. The van der Waals surface area contributed by atoms with Crippen molar-refractivity contribution >= 4 is 5.78 Å². The van der Waals surface area contributed by atoms with Gasteiger partial charge in [0, 0.05) is 19.4 Å². The van der Waals surface area contributed by atoms with Crippen molar-refractivity contribution in [3.63, 3.8) is 0 Å². The van der Waals surface area contributed by atoms with Crippen molar-refractivity contribution in [2.45, 2.75) is 51.6 Å². The van der Waals surface area contributed by atoms with Crippen LogP contribution in [0.3, 0.4) is 0 Å². The lowest BCUT2D eigenvalue weighted by molar-refractivity contribution is -0.174. The first-order valence-corrected chi connectivity index (χ1v) is 5.62. The Hall–Kier alpha value is -0.580. The summed E-state index contributed by atoms with van der Waals surface area (Å²) >= 11 is 0. The van der Waals surface area contributed by atoms with E-state index in [2.05, 4.69) is 4.74 Å². The molecule has 0 saturated heterocycles. The molecule has 0 aliphatic carbocycles. The van der Waals surface area contributed by atoms with Crippen molar-refractivity contribution in [3.05, 3.63) is 0 Å². The average molecular weight is 240 g/mol. The highest BCUT2D eigenvalue weighted by Crippen LogP contribution is 2.14. The zero-order valence-electron chi connectivity index (χ0n) is 9.61. The second-order valence-electron chi connectivity index (χ2n) is 3.77. The molecule has 0 bridgehead atoms. The molecule has 0 aromatic heterocycles. The summed E-state index contributed by atoms with van der Waals surface area (Å²) in [6.07, 6.45) is -0.181. The second-order valence-corrected chi connectivity index (χ2v) is 3.77. The van der Waals surface area contributed by atoms with Crippen LogP contribution in [0.1, 0.15) is 45.4 Å². The summed E-state index contributed by atoms with van der Waals surface area (Å²) in [5, 5.41) is 0.